The molecule has 23 heavy (non-hydrogen) atoms. The van der Waals surface area contributed by atoms with Crippen molar-refractivity contribution in [3.63, 3.8) is 0 Å². The van der Waals surface area contributed by atoms with Crippen molar-refractivity contribution < 1.29 is 4.79 Å². The Bertz CT molecular complexity index is 799. The van der Waals surface area contributed by atoms with Gasteiger partial charge in [-0.05, 0) is 18.1 Å². The standard InChI is InChI=1S/C16H18N6O/c1-11(2)15(10-22-18-7-8-19-22)21-16(23)14-9-17-12-5-3-4-6-13(12)20-14/h3-9,11,15H,10H2,1-2H3,(H,21,23)/t15-/m1/s1. The van der Waals surface area contributed by atoms with E-state index in [1.165, 1.54) is 6.20 Å². The van der Waals surface area contributed by atoms with Crippen LogP contribution in [0.3, 0.4) is 0 Å². The van der Waals surface area contributed by atoms with E-state index in [9.17, 15) is 4.79 Å². The number of para-hydroxylation sites is 2. The Kier molecular flexibility index (Phi) is 4.27. The van der Waals surface area contributed by atoms with Crippen molar-refractivity contribution >= 4 is 16.9 Å². The first kappa shape index (κ1) is 15.1. The molecule has 0 aliphatic heterocycles. The van der Waals surface area contributed by atoms with Gasteiger partial charge in [-0.25, -0.2) is 4.98 Å². The van der Waals surface area contributed by atoms with E-state index in [4.69, 9.17) is 0 Å². The van der Waals surface area contributed by atoms with Crippen LogP contribution in [0.1, 0.15) is 24.3 Å². The number of aromatic nitrogens is 5. The highest BCUT2D eigenvalue weighted by Crippen LogP contribution is 2.10. The Hall–Kier alpha value is -2.83. The summed E-state index contributed by atoms with van der Waals surface area (Å²) in [7, 11) is 0. The van der Waals surface area contributed by atoms with Crippen LogP contribution in [0.4, 0.5) is 0 Å². The second-order valence-electron chi connectivity index (χ2n) is 5.65. The third kappa shape index (κ3) is 3.50. The van der Waals surface area contributed by atoms with Crippen molar-refractivity contribution in [3.05, 3.63) is 48.5 Å². The van der Waals surface area contributed by atoms with Crippen molar-refractivity contribution in [1.29, 1.82) is 0 Å². The quantitative estimate of drug-likeness (QED) is 0.775. The first-order valence-corrected chi connectivity index (χ1v) is 7.50. The molecule has 3 aromatic rings. The number of benzene rings is 1. The van der Waals surface area contributed by atoms with Crippen LogP contribution in [0, 0.1) is 5.92 Å². The van der Waals surface area contributed by atoms with Gasteiger partial charge in [-0.3, -0.25) is 9.78 Å². The van der Waals surface area contributed by atoms with Gasteiger partial charge < -0.3 is 5.32 Å². The number of carbonyl (C=O) groups is 1. The molecule has 0 radical (unpaired) electrons. The number of rotatable bonds is 5. The Morgan fingerprint density at radius 3 is 2.57 bits per heavy atom. The van der Waals surface area contributed by atoms with Crippen molar-refractivity contribution in [2.75, 3.05) is 0 Å². The number of nitrogens with zero attached hydrogens (tertiary/aromatic N) is 5. The van der Waals surface area contributed by atoms with E-state index in [1.807, 2.05) is 38.1 Å². The average Bonchev–Trinajstić information content (AvgIpc) is 3.06. The minimum atomic E-state index is -0.242. The van der Waals surface area contributed by atoms with Crippen LogP contribution >= 0.6 is 0 Å². The zero-order chi connectivity index (χ0) is 16.2. The highest BCUT2D eigenvalue weighted by Gasteiger charge is 2.19. The summed E-state index contributed by atoms with van der Waals surface area (Å²) in [5.74, 6) is -0.00697. The van der Waals surface area contributed by atoms with Crippen molar-refractivity contribution in [2.24, 2.45) is 5.92 Å². The molecule has 0 spiro atoms. The molecule has 1 N–H and O–H groups in total. The Morgan fingerprint density at radius 1 is 1.17 bits per heavy atom. The first-order chi connectivity index (χ1) is 11.1. The topological polar surface area (TPSA) is 85.6 Å². The van der Waals surface area contributed by atoms with Gasteiger partial charge in [-0.1, -0.05) is 26.0 Å². The predicted molar refractivity (Wildman–Crippen MR) is 85.7 cm³/mol. The van der Waals surface area contributed by atoms with Crippen molar-refractivity contribution in [3.8, 4) is 0 Å². The van der Waals surface area contributed by atoms with Gasteiger partial charge in [0.25, 0.3) is 5.91 Å². The van der Waals surface area contributed by atoms with Crippen LogP contribution in [0.15, 0.2) is 42.9 Å². The molecule has 1 atom stereocenters. The molecule has 0 unspecified atom stereocenters. The molecule has 7 nitrogen and oxygen atoms in total. The van der Waals surface area contributed by atoms with Gasteiger partial charge in [0.15, 0.2) is 0 Å². The number of hydrogen-bond acceptors (Lipinski definition) is 5. The third-order valence-electron chi connectivity index (χ3n) is 3.63. The Balaban J connectivity index is 1.77. The molecule has 0 saturated heterocycles. The average molecular weight is 310 g/mol. The van der Waals surface area contributed by atoms with Crippen LogP contribution < -0.4 is 5.32 Å². The summed E-state index contributed by atoms with van der Waals surface area (Å²) < 4.78 is 0. The highest BCUT2D eigenvalue weighted by molar-refractivity contribution is 5.93. The largest absolute Gasteiger partial charge is 0.346 e. The summed E-state index contributed by atoms with van der Waals surface area (Å²) in [6.07, 6.45) is 4.74. The predicted octanol–water partition coefficient (Wildman–Crippen LogP) is 1.68. The third-order valence-corrected chi connectivity index (χ3v) is 3.63. The van der Waals surface area contributed by atoms with Crippen LogP contribution in [0.2, 0.25) is 0 Å². The fraction of sp³-hybridized carbons (Fsp3) is 0.312. The van der Waals surface area contributed by atoms with E-state index in [0.717, 1.165) is 5.52 Å². The molecular formula is C16H18N6O. The molecule has 2 aromatic heterocycles. The fourth-order valence-corrected chi connectivity index (χ4v) is 2.25. The van der Waals surface area contributed by atoms with Gasteiger partial charge in [0.05, 0.1) is 42.2 Å². The number of carbonyl (C=O) groups excluding carboxylic acids is 1. The summed E-state index contributed by atoms with van der Waals surface area (Å²) in [4.78, 5) is 22.7. The van der Waals surface area contributed by atoms with Gasteiger partial charge >= 0.3 is 0 Å². The molecule has 7 heteroatoms. The monoisotopic (exact) mass is 310 g/mol. The molecule has 0 saturated carbocycles. The molecule has 1 aromatic carbocycles. The van der Waals surface area contributed by atoms with E-state index in [-0.39, 0.29) is 17.9 Å². The van der Waals surface area contributed by atoms with Crippen molar-refractivity contribution in [1.82, 2.24) is 30.3 Å². The van der Waals surface area contributed by atoms with Crippen LogP contribution in [0.5, 0.6) is 0 Å². The Morgan fingerprint density at radius 2 is 1.87 bits per heavy atom. The summed E-state index contributed by atoms with van der Waals surface area (Å²) in [5.41, 5.74) is 1.78. The second-order valence-corrected chi connectivity index (χ2v) is 5.65. The lowest BCUT2D eigenvalue weighted by atomic mass is 10.0. The lowest BCUT2D eigenvalue weighted by Crippen LogP contribution is -2.42. The number of fused-ring (bicyclic) bond motifs is 1. The number of hydrogen-bond donors (Lipinski definition) is 1. The second kappa shape index (κ2) is 6.51. The summed E-state index contributed by atoms with van der Waals surface area (Å²) in [5, 5.41) is 11.2. The van der Waals surface area contributed by atoms with Crippen LogP contribution in [0.25, 0.3) is 11.0 Å². The summed E-state index contributed by atoms with van der Waals surface area (Å²) >= 11 is 0. The lowest BCUT2D eigenvalue weighted by molar-refractivity contribution is 0.0912. The lowest BCUT2D eigenvalue weighted by Gasteiger charge is -2.21. The van der Waals surface area contributed by atoms with Crippen LogP contribution in [-0.2, 0) is 6.54 Å². The maximum absolute atomic E-state index is 12.5. The van der Waals surface area contributed by atoms with E-state index in [0.29, 0.717) is 17.8 Å². The van der Waals surface area contributed by atoms with E-state index < -0.39 is 0 Å². The molecule has 0 aliphatic rings. The molecule has 3 rings (SSSR count). The van der Waals surface area contributed by atoms with E-state index in [2.05, 4.69) is 25.5 Å². The summed E-state index contributed by atoms with van der Waals surface area (Å²) in [6.45, 7) is 4.60. The molecule has 0 aliphatic carbocycles. The highest BCUT2D eigenvalue weighted by atomic mass is 16.2. The fourth-order valence-electron chi connectivity index (χ4n) is 2.25. The van der Waals surface area contributed by atoms with Gasteiger partial charge in [0, 0.05) is 0 Å². The molecule has 0 bridgehead atoms. The molecular weight excluding hydrogens is 292 g/mol. The molecule has 118 valence electrons. The minimum absolute atomic E-state index is 0.0943. The van der Waals surface area contributed by atoms with E-state index in [1.54, 1.807) is 17.2 Å². The zero-order valence-electron chi connectivity index (χ0n) is 13.0. The molecule has 2 heterocycles. The zero-order valence-corrected chi connectivity index (χ0v) is 13.0. The first-order valence-electron chi connectivity index (χ1n) is 7.50. The Labute approximate surface area is 133 Å². The number of amides is 1. The SMILES string of the molecule is CC(C)[C@@H](Cn1nccn1)NC(=O)c1cnc2ccccc2n1. The smallest absolute Gasteiger partial charge is 0.271 e. The van der Waals surface area contributed by atoms with Crippen molar-refractivity contribution in [2.45, 2.75) is 26.4 Å². The maximum atomic E-state index is 12.5. The minimum Gasteiger partial charge on any atom is -0.346 e. The van der Waals surface area contributed by atoms with Gasteiger partial charge in [-0.15, -0.1) is 0 Å². The summed E-state index contributed by atoms with van der Waals surface area (Å²) in [6, 6.07) is 7.38. The van der Waals surface area contributed by atoms with Gasteiger partial charge in [0.1, 0.15) is 5.69 Å². The van der Waals surface area contributed by atoms with Gasteiger partial charge in [0.2, 0.25) is 0 Å². The van der Waals surface area contributed by atoms with E-state index >= 15 is 0 Å². The van der Waals surface area contributed by atoms with Crippen LogP contribution in [-0.4, -0.2) is 36.9 Å². The number of nitrogens with one attached hydrogen (secondary N) is 1. The normalized spacial score (nSPS) is 12.5. The van der Waals surface area contributed by atoms with Gasteiger partial charge in [-0.2, -0.15) is 15.0 Å². The molecule has 1 amide bonds. The maximum Gasteiger partial charge on any atom is 0.271 e. The molecule has 0 fully saturated rings.